The molecule has 0 bridgehead atoms. The van der Waals surface area contributed by atoms with Crippen LogP contribution < -0.4 is 11.1 Å². The number of likely N-dealkylation sites (tertiary alicyclic amines) is 1. The van der Waals surface area contributed by atoms with Crippen molar-refractivity contribution in [2.24, 2.45) is 5.73 Å². The second-order valence-electron chi connectivity index (χ2n) is 8.02. The number of amides is 2. The van der Waals surface area contributed by atoms with Gasteiger partial charge in [-0.15, -0.1) is 0 Å². The van der Waals surface area contributed by atoms with Crippen molar-refractivity contribution in [3.63, 3.8) is 0 Å². The summed E-state index contributed by atoms with van der Waals surface area (Å²) >= 11 is 0. The highest BCUT2D eigenvalue weighted by atomic mass is 16.1. The van der Waals surface area contributed by atoms with Gasteiger partial charge in [-0.3, -0.25) is 14.5 Å². The van der Waals surface area contributed by atoms with E-state index in [2.05, 4.69) is 15.2 Å². The van der Waals surface area contributed by atoms with E-state index in [1.165, 1.54) is 19.3 Å². The number of nitrogens with zero attached hydrogens (tertiary/aromatic N) is 1. The number of carbonyl (C=O) groups is 2. The van der Waals surface area contributed by atoms with Crippen LogP contribution in [0, 0.1) is 6.92 Å². The molecule has 2 heterocycles. The lowest BCUT2D eigenvalue weighted by Gasteiger charge is -2.24. The van der Waals surface area contributed by atoms with Crippen molar-refractivity contribution in [1.82, 2.24) is 9.88 Å². The molecule has 4 rings (SSSR count). The number of nitrogens with two attached hydrogens (primary N) is 1. The van der Waals surface area contributed by atoms with Gasteiger partial charge in [0.1, 0.15) is 0 Å². The van der Waals surface area contributed by atoms with Gasteiger partial charge in [-0.2, -0.15) is 0 Å². The smallest absolute Gasteiger partial charge is 0.250 e. The topological polar surface area (TPSA) is 91.2 Å². The predicted molar refractivity (Wildman–Crippen MR) is 125 cm³/mol. The van der Waals surface area contributed by atoms with E-state index >= 15 is 0 Å². The van der Waals surface area contributed by atoms with Crippen LogP contribution >= 0.6 is 0 Å². The fraction of sp³-hybridized carbons (Fsp3) is 0.280. The summed E-state index contributed by atoms with van der Waals surface area (Å²) in [7, 11) is 0. The van der Waals surface area contributed by atoms with E-state index in [0.29, 0.717) is 5.56 Å². The maximum atomic E-state index is 12.5. The molecule has 1 aliphatic heterocycles. The minimum Gasteiger partial charge on any atom is -0.366 e. The standard InChI is InChI=1S/C25H28N4O2/c1-17-18(19-10-11-21(25(26)31)24-20(19)12-13-27-24)7-5-8-22(17)28-23(30)9-6-16-29-14-3-2-4-15-29/h5-13,27H,2-4,14-16H2,1H3,(H2,26,31)(H,28,30)/b9-6+. The maximum Gasteiger partial charge on any atom is 0.250 e. The second-order valence-corrected chi connectivity index (χ2v) is 8.02. The van der Waals surface area contributed by atoms with Crippen LogP contribution in [0.2, 0.25) is 0 Å². The highest BCUT2D eigenvalue weighted by Gasteiger charge is 2.15. The van der Waals surface area contributed by atoms with Gasteiger partial charge in [0.25, 0.3) is 5.91 Å². The van der Waals surface area contributed by atoms with Gasteiger partial charge in [0.2, 0.25) is 5.91 Å². The van der Waals surface area contributed by atoms with Crippen LogP contribution in [0.15, 0.2) is 54.7 Å². The Morgan fingerprint density at radius 2 is 1.90 bits per heavy atom. The number of rotatable bonds is 6. The van der Waals surface area contributed by atoms with Gasteiger partial charge in [0.15, 0.2) is 0 Å². The van der Waals surface area contributed by atoms with E-state index in [0.717, 1.165) is 52.9 Å². The first-order valence-electron chi connectivity index (χ1n) is 10.7. The molecule has 4 N–H and O–H groups in total. The van der Waals surface area contributed by atoms with Gasteiger partial charge in [-0.25, -0.2) is 0 Å². The largest absolute Gasteiger partial charge is 0.366 e. The van der Waals surface area contributed by atoms with Crippen LogP contribution in [0.25, 0.3) is 22.0 Å². The van der Waals surface area contributed by atoms with E-state index in [1.54, 1.807) is 18.3 Å². The van der Waals surface area contributed by atoms with Crippen molar-refractivity contribution in [3.8, 4) is 11.1 Å². The molecule has 0 atom stereocenters. The number of primary amides is 1. The Bertz CT molecular complexity index is 1140. The van der Waals surface area contributed by atoms with E-state index < -0.39 is 5.91 Å². The molecule has 2 aromatic carbocycles. The van der Waals surface area contributed by atoms with Crippen molar-refractivity contribution >= 4 is 28.4 Å². The van der Waals surface area contributed by atoms with Crippen LogP contribution in [0.3, 0.4) is 0 Å². The van der Waals surface area contributed by atoms with Gasteiger partial charge < -0.3 is 16.0 Å². The zero-order valence-corrected chi connectivity index (χ0v) is 17.8. The minimum atomic E-state index is -0.465. The van der Waals surface area contributed by atoms with Crippen LogP contribution in [0.4, 0.5) is 5.69 Å². The lowest BCUT2D eigenvalue weighted by atomic mass is 9.94. The van der Waals surface area contributed by atoms with E-state index in [9.17, 15) is 9.59 Å². The molecule has 3 aromatic rings. The number of hydrogen-bond acceptors (Lipinski definition) is 3. The zero-order chi connectivity index (χ0) is 21.8. The van der Waals surface area contributed by atoms with Gasteiger partial charge in [-0.1, -0.05) is 30.7 Å². The molecule has 31 heavy (non-hydrogen) atoms. The predicted octanol–water partition coefficient (Wildman–Crippen LogP) is 4.22. The molecule has 1 saturated heterocycles. The molecule has 1 aliphatic rings. The second kappa shape index (κ2) is 9.18. The molecule has 0 spiro atoms. The molecule has 6 nitrogen and oxygen atoms in total. The number of hydrogen-bond donors (Lipinski definition) is 3. The Morgan fingerprint density at radius 3 is 2.68 bits per heavy atom. The molecular formula is C25H28N4O2. The van der Waals surface area contributed by atoms with Crippen LogP contribution in [-0.2, 0) is 4.79 Å². The highest BCUT2D eigenvalue weighted by molar-refractivity contribution is 6.09. The third-order valence-corrected chi connectivity index (χ3v) is 5.95. The fourth-order valence-electron chi connectivity index (χ4n) is 4.28. The molecule has 1 fully saturated rings. The van der Waals surface area contributed by atoms with E-state index in [-0.39, 0.29) is 5.91 Å². The Hall–Kier alpha value is -3.38. The normalized spacial score (nSPS) is 14.9. The van der Waals surface area contributed by atoms with Crippen LogP contribution in [0.1, 0.15) is 35.2 Å². The summed E-state index contributed by atoms with van der Waals surface area (Å²) < 4.78 is 0. The Labute approximate surface area is 182 Å². The Morgan fingerprint density at radius 1 is 1.10 bits per heavy atom. The summed E-state index contributed by atoms with van der Waals surface area (Å²) in [6.07, 6.45) is 9.13. The quantitative estimate of drug-likeness (QED) is 0.525. The molecule has 1 aromatic heterocycles. The van der Waals surface area contributed by atoms with Crippen molar-refractivity contribution in [2.75, 3.05) is 25.0 Å². The number of nitrogens with one attached hydrogen (secondary N) is 2. The van der Waals surface area contributed by atoms with E-state index in [4.69, 9.17) is 5.73 Å². The van der Waals surface area contributed by atoms with Crippen LogP contribution in [-0.4, -0.2) is 41.3 Å². The maximum absolute atomic E-state index is 12.5. The number of benzene rings is 2. The van der Waals surface area contributed by atoms with Crippen molar-refractivity contribution in [3.05, 3.63) is 65.9 Å². The zero-order valence-electron chi connectivity index (χ0n) is 17.8. The molecular weight excluding hydrogens is 388 g/mol. The first kappa shape index (κ1) is 20.9. The molecule has 0 saturated carbocycles. The number of anilines is 1. The lowest BCUT2D eigenvalue weighted by molar-refractivity contribution is -0.111. The summed E-state index contributed by atoms with van der Waals surface area (Å²) in [6, 6.07) is 11.4. The Balaban J connectivity index is 1.54. The molecule has 6 heteroatoms. The van der Waals surface area contributed by atoms with Crippen molar-refractivity contribution in [2.45, 2.75) is 26.2 Å². The minimum absolute atomic E-state index is 0.131. The average molecular weight is 417 g/mol. The average Bonchev–Trinajstić information content (AvgIpc) is 3.25. The molecule has 160 valence electrons. The number of H-pyrrole nitrogens is 1. The summed E-state index contributed by atoms with van der Waals surface area (Å²) in [5, 5.41) is 3.92. The van der Waals surface area contributed by atoms with Gasteiger partial charge in [0, 0.05) is 29.9 Å². The first-order valence-corrected chi connectivity index (χ1v) is 10.7. The number of fused-ring (bicyclic) bond motifs is 1. The lowest BCUT2D eigenvalue weighted by Crippen LogP contribution is -2.29. The number of aromatic amines is 1. The number of carbonyl (C=O) groups excluding carboxylic acids is 2. The third kappa shape index (κ3) is 4.54. The van der Waals surface area contributed by atoms with Crippen molar-refractivity contribution < 1.29 is 9.59 Å². The molecule has 2 amide bonds. The Kier molecular flexibility index (Phi) is 6.18. The molecule has 0 aliphatic carbocycles. The SMILES string of the molecule is Cc1c(NC(=O)/C=C/CN2CCCCC2)cccc1-c1ccc(C(N)=O)c2[nH]ccc12. The molecule has 0 radical (unpaired) electrons. The van der Waals surface area contributed by atoms with Crippen molar-refractivity contribution in [1.29, 1.82) is 0 Å². The third-order valence-electron chi connectivity index (χ3n) is 5.95. The summed E-state index contributed by atoms with van der Waals surface area (Å²) in [4.78, 5) is 29.7. The molecule has 0 unspecified atom stereocenters. The fourth-order valence-corrected chi connectivity index (χ4v) is 4.28. The van der Waals surface area contributed by atoms with Gasteiger partial charge in [-0.05, 0) is 67.7 Å². The monoisotopic (exact) mass is 416 g/mol. The first-order chi connectivity index (χ1) is 15.0. The van der Waals surface area contributed by atoms with Crippen LogP contribution in [0.5, 0.6) is 0 Å². The van der Waals surface area contributed by atoms with E-state index in [1.807, 2.05) is 43.3 Å². The van der Waals surface area contributed by atoms with Gasteiger partial charge >= 0.3 is 0 Å². The summed E-state index contributed by atoms with van der Waals surface area (Å²) in [5.74, 6) is -0.596. The van der Waals surface area contributed by atoms with Gasteiger partial charge in [0.05, 0.1) is 11.1 Å². The summed E-state index contributed by atoms with van der Waals surface area (Å²) in [6.45, 7) is 5.01. The highest BCUT2D eigenvalue weighted by Crippen LogP contribution is 2.34. The number of aromatic nitrogens is 1. The number of piperidine rings is 1. The summed E-state index contributed by atoms with van der Waals surface area (Å²) in [5.41, 5.74) is 10.4.